The van der Waals surface area contributed by atoms with Crippen molar-refractivity contribution in [3.8, 4) is 0 Å². The number of nitrogens with zero attached hydrogens (tertiary/aromatic N) is 2. The van der Waals surface area contributed by atoms with Crippen LogP contribution in [0.2, 0.25) is 0 Å². The van der Waals surface area contributed by atoms with Crippen LogP contribution in [0.15, 0.2) is 24.5 Å². The molecule has 0 spiro atoms. The van der Waals surface area contributed by atoms with Gasteiger partial charge in [-0.1, -0.05) is 13.3 Å². The van der Waals surface area contributed by atoms with Crippen molar-refractivity contribution in [2.45, 2.75) is 38.6 Å². The summed E-state index contributed by atoms with van der Waals surface area (Å²) in [6.07, 6.45) is 7.92. The zero-order valence-electron chi connectivity index (χ0n) is 11.6. The Bertz CT molecular complexity index is 388. The molecule has 0 bridgehead atoms. The Labute approximate surface area is 115 Å². The highest BCUT2D eigenvalue weighted by Crippen LogP contribution is 2.11. The van der Waals surface area contributed by atoms with Gasteiger partial charge in [-0.25, -0.2) is 0 Å². The van der Waals surface area contributed by atoms with Gasteiger partial charge in [0.1, 0.15) is 0 Å². The summed E-state index contributed by atoms with van der Waals surface area (Å²) in [5.41, 5.74) is 0.740. The number of pyridine rings is 1. The SMILES string of the molecule is CCCCN(CC1CCCN1)C(=O)c1ccncc1. The predicted octanol–water partition coefficient (Wildman–Crippen LogP) is 2.08. The molecule has 1 aromatic heterocycles. The average Bonchev–Trinajstić information content (AvgIpc) is 2.96. The molecule has 1 N–H and O–H groups in total. The van der Waals surface area contributed by atoms with Gasteiger partial charge in [0, 0.05) is 37.1 Å². The van der Waals surface area contributed by atoms with Crippen LogP contribution in [0.25, 0.3) is 0 Å². The van der Waals surface area contributed by atoms with Crippen molar-refractivity contribution in [2.24, 2.45) is 0 Å². The molecule has 4 nitrogen and oxygen atoms in total. The van der Waals surface area contributed by atoms with E-state index in [0.29, 0.717) is 6.04 Å². The maximum atomic E-state index is 12.5. The summed E-state index contributed by atoms with van der Waals surface area (Å²) in [6.45, 7) is 4.90. The summed E-state index contributed by atoms with van der Waals surface area (Å²) in [4.78, 5) is 18.5. The smallest absolute Gasteiger partial charge is 0.254 e. The monoisotopic (exact) mass is 261 g/mol. The van der Waals surface area contributed by atoms with E-state index in [1.165, 1.54) is 12.8 Å². The van der Waals surface area contributed by atoms with Crippen LogP contribution in [0.4, 0.5) is 0 Å². The molecule has 0 saturated carbocycles. The molecule has 0 radical (unpaired) electrons. The van der Waals surface area contributed by atoms with Crippen molar-refractivity contribution in [3.63, 3.8) is 0 Å². The molecule has 2 rings (SSSR count). The Balaban J connectivity index is 2.01. The van der Waals surface area contributed by atoms with Crippen LogP contribution in [0.5, 0.6) is 0 Å². The highest BCUT2D eigenvalue weighted by atomic mass is 16.2. The van der Waals surface area contributed by atoms with Gasteiger partial charge in [-0.3, -0.25) is 9.78 Å². The normalized spacial score (nSPS) is 18.5. The molecule has 2 heterocycles. The first-order valence-corrected chi connectivity index (χ1v) is 7.24. The fraction of sp³-hybridized carbons (Fsp3) is 0.600. The molecule has 19 heavy (non-hydrogen) atoms. The number of hydrogen-bond acceptors (Lipinski definition) is 3. The molecule has 0 aromatic carbocycles. The number of aromatic nitrogens is 1. The van der Waals surface area contributed by atoms with Gasteiger partial charge in [-0.2, -0.15) is 0 Å². The molecule has 4 heteroatoms. The van der Waals surface area contributed by atoms with Crippen molar-refractivity contribution in [1.82, 2.24) is 15.2 Å². The van der Waals surface area contributed by atoms with Crippen LogP contribution < -0.4 is 5.32 Å². The largest absolute Gasteiger partial charge is 0.337 e. The van der Waals surface area contributed by atoms with E-state index in [1.807, 2.05) is 4.90 Å². The number of carbonyl (C=O) groups excluding carboxylic acids is 1. The molecule has 1 saturated heterocycles. The molecular formula is C15H23N3O. The summed E-state index contributed by atoms with van der Waals surface area (Å²) in [7, 11) is 0. The van der Waals surface area contributed by atoms with E-state index in [2.05, 4.69) is 17.2 Å². The van der Waals surface area contributed by atoms with E-state index >= 15 is 0 Å². The van der Waals surface area contributed by atoms with Gasteiger partial charge in [0.15, 0.2) is 0 Å². The number of unbranched alkanes of at least 4 members (excludes halogenated alkanes) is 1. The fourth-order valence-corrected chi connectivity index (χ4v) is 2.48. The Hall–Kier alpha value is -1.42. The number of amides is 1. The molecule has 1 unspecified atom stereocenters. The third-order valence-corrected chi connectivity index (χ3v) is 3.60. The van der Waals surface area contributed by atoms with E-state index in [9.17, 15) is 4.79 Å². The summed E-state index contributed by atoms with van der Waals surface area (Å²) in [5, 5.41) is 3.46. The minimum Gasteiger partial charge on any atom is -0.337 e. The van der Waals surface area contributed by atoms with Gasteiger partial charge < -0.3 is 10.2 Å². The minimum atomic E-state index is 0.129. The Kier molecular flexibility index (Phi) is 5.33. The van der Waals surface area contributed by atoms with Crippen molar-refractivity contribution < 1.29 is 4.79 Å². The van der Waals surface area contributed by atoms with E-state index in [1.54, 1.807) is 24.5 Å². The van der Waals surface area contributed by atoms with Crippen LogP contribution >= 0.6 is 0 Å². The highest BCUT2D eigenvalue weighted by Gasteiger charge is 2.21. The number of hydrogen-bond donors (Lipinski definition) is 1. The number of rotatable bonds is 6. The zero-order valence-corrected chi connectivity index (χ0v) is 11.6. The van der Waals surface area contributed by atoms with Crippen molar-refractivity contribution >= 4 is 5.91 Å². The minimum absolute atomic E-state index is 0.129. The highest BCUT2D eigenvalue weighted by molar-refractivity contribution is 5.94. The van der Waals surface area contributed by atoms with E-state index < -0.39 is 0 Å². The Morgan fingerprint density at radius 1 is 1.47 bits per heavy atom. The van der Waals surface area contributed by atoms with Gasteiger partial charge in [-0.15, -0.1) is 0 Å². The maximum absolute atomic E-state index is 12.5. The predicted molar refractivity (Wildman–Crippen MR) is 76.1 cm³/mol. The Morgan fingerprint density at radius 3 is 2.89 bits per heavy atom. The molecule has 1 aliphatic rings. The van der Waals surface area contributed by atoms with Crippen molar-refractivity contribution in [2.75, 3.05) is 19.6 Å². The second kappa shape index (κ2) is 7.24. The third kappa shape index (κ3) is 4.03. The van der Waals surface area contributed by atoms with E-state index in [4.69, 9.17) is 0 Å². The molecule has 1 atom stereocenters. The van der Waals surface area contributed by atoms with Crippen LogP contribution in [0, 0.1) is 0 Å². The molecule has 0 aliphatic carbocycles. The van der Waals surface area contributed by atoms with Crippen LogP contribution in [0.3, 0.4) is 0 Å². The lowest BCUT2D eigenvalue weighted by molar-refractivity contribution is 0.0739. The van der Waals surface area contributed by atoms with E-state index in [0.717, 1.165) is 38.0 Å². The van der Waals surface area contributed by atoms with Crippen LogP contribution in [-0.4, -0.2) is 41.5 Å². The fourth-order valence-electron chi connectivity index (χ4n) is 2.48. The molecule has 1 aliphatic heterocycles. The maximum Gasteiger partial charge on any atom is 0.254 e. The topological polar surface area (TPSA) is 45.2 Å². The van der Waals surface area contributed by atoms with Crippen LogP contribution in [-0.2, 0) is 0 Å². The van der Waals surface area contributed by atoms with Gasteiger partial charge >= 0.3 is 0 Å². The molecule has 1 amide bonds. The number of carbonyl (C=O) groups is 1. The third-order valence-electron chi connectivity index (χ3n) is 3.60. The first-order chi connectivity index (χ1) is 9.31. The molecule has 1 fully saturated rings. The standard InChI is InChI=1S/C15H23N3O/c1-2-3-11-18(12-14-5-4-8-17-14)15(19)13-6-9-16-10-7-13/h6-7,9-10,14,17H,2-5,8,11-12H2,1H3. The second-order valence-electron chi connectivity index (χ2n) is 5.13. The lowest BCUT2D eigenvalue weighted by Gasteiger charge is -2.26. The molecule has 1 aromatic rings. The summed E-state index contributed by atoms with van der Waals surface area (Å²) in [5.74, 6) is 0.129. The lowest BCUT2D eigenvalue weighted by atomic mass is 10.1. The quantitative estimate of drug-likeness (QED) is 0.852. The molecular weight excluding hydrogens is 238 g/mol. The van der Waals surface area contributed by atoms with Crippen LogP contribution in [0.1, 0.15) is 43.0 Å². The van der Waals surface area contributed by atoms with Gasteiger partial charge in [-0.05, 0) is 37.9 Å². The lowest BCUT2D eigenvalue weighted by Crippen LogP contribution is -2.41. The first-order valence-electron chi connectivity index (χ1n) is 7.24. The zero-order chi connectivity index (χ0) is 13.5. The van der Waals surface area contributed by atoms with Gasteiger partial charge in [0.05, 0.1) is 0 Å². The van der Waals surface area contributed by atoms with Gasteiger partial charge in [0.25, 0.3) is 5.91 Å². The first kappa shape index (κ1) is 14.0. The van der Waals surface area contributed by atoms with Gasteiger partial charge in [0.2, 0.25) is 0 Å². The summed E-state index contributed by atoms with van der Waals surface area (Å²) in [6, 6.07) is 4.05. The van der Waals surface area contributed by atoms with E-state index in [-0.39, 0.29) is 5.91 Å². The summed E-state index contributed by atoms with van der Waals surface area (Å²) >= 11 is 0. The molecule has 104 valence electrons. The van der Waals surface area contributed by atoms with Crippen molar-refractivity contribution in [3.05, 3.63) is 30.1 Å². The van der Waals surface area contributed by atoms with Crippen molar-refractivity contribution in [1.29, 1.82) is 0 Å². The number of nitrogens with one attached hydrogen (secondary N) is 1. The Morgan fingerprint density at radius 2 is 2.26 bits per heavy atom. The average molecular weight is 261 g/mol. The summed E-state index contributed by atoms with van der Waals surface area (Å²) < 4.78 is 0. The second-order valence-corrected chi connectivity index (χ2v) is 5.13.